The van der Waals surface area contributed by atoms with Crippen molar-refractivity contribution in [2.75, 3.05) is 20.3 Å². The Hall–Kier alpha value is -1.25. The van der Waals surface area contributed by atoms with E-state index in [4.69, 9.17) is 21.1 Å². The summed E-state index contributed by atoms with van der Waals surface area (Å²) in [6.45, 7) is 4.66. The first-order valence-electron chi connectivity index (χ1n) is 9.20. The number of aliphatic hydroxyl groups is 1. The number of aromatic nitrogens is 2. The van der Waals surface area contributed by atoms with Crippen LogP contribution < -0.4 is 4.74 Å². The summed E-state index contributed by atoms with van der Waals surface area (Å²) >= 11 is 7.99. The van der Waals surface area contributed by atoms with E-state index in [1.165, 1.54) is 10.4 Å². The van der Waals surface area contributed by atoms with Crippen LogP contribution in [0, 0.1) is 0 Å². The molecule has 0 unspecified atom stereocenters. The molecule has 0 aliphatic carbocycles. The molecular formula is C19H24ClN3O3S. The summed E-state index contributed by atoms with van der Waals surface area (Å²) in [5.74, 6) is 0. The largest absolute Gasteiger partial charge is 0.467 e. The van der Waals surface area contributed by atoms with Crippen LogP contribution in [-0.2, 0) is 29.9 Å². The second kappa shape index (κ2) is 7.64. The van der Waals surface area contributed by atoms with Crippen molar-refractivity contribution in [1.29, 1.82) is 0 Å². The lowest BCUT2D eigenvalue weighted by atomic mass is 9.81. The number of rotatable bonds is 4. The molecule has 0 bridgehead atoms. The van der Waals surface area contributed by atoms with E-state index < -0.39 is 0 Å². The van der Waals surface area contributed by atoms with Gasteiger partial charge in [-0.1, -0.05) is 11.6 Å². The number of fused-ring (bicyclic) bond motifs is 2. The fraction of sp³-hybridized carbons (Fsp3) is 0.579. The molecule has 2 aliphatic heterocycles. The molecule has 2 aromatic rings. The number of piperidine rings is 1. The van der Waals surface area contributed by atoms with Crippen LogP contribution in [0.1, 0.15) is 41.3 Å². The summed E-state index contributed by atoms with van der Waals surface area (Å²) in [7, 11) is 1.57. The molecule has 4 heterocycles. The minimum atomic E-state index is -0.276. The van der Waals surface area contributed by atoms with E-state index in [0.29, 0.717) is 23.0 Å². The van der Waals surface area contributed by atoms with Crippen molar-refractivity contribution in [3.8, 4) is 6.01 Å². The number of methoxy groups -OCH3 is 1. The second-order valence-electron chi connectivity index (χ2n) is 7.26. The van der Waals surface area contributed by atoms with Gasteiger partial charge in [0.25, 0.3) is 0 Å². The molecule has 0 amide bonds. The molecule has 2 aliphatic rings. The predicted octanol–water partition coefficient (Wildman–Crippen LogP) is 3.14. The van der Waals surface area contributed by atoms with Gasteiger partial charge in [0.2, 0.25) is 0 Å². The van der Waals surface area contributed by atoms with Gasteiger partial charge in [0.1, 0.15) is 5.60 Å². The quantitative estimate of drug-likeness (QED) is 0.836. The van der Waals surface area contributed by atoms with Gasteiger partial charge in [-0.15, -0.1) is 11.3 Å². The molecular weight excluding hydrogens is 386 g/mol. The van der Waals surface area contributed by atoms with Gasteiger partial charge in [-0.05, 0) is 31.7 Å². The highest BCUT2D eigenvalue weighted by Crippen LogP contribution is 2.49. The Bertz CT molecular complexity index is 813. The van der Waals surface area contributed by atoms with E-state index in [2.05, 4.69) is 21.8 Å². The van der Waals surface area contributed by atoms with Gasteiger partial charge in [-0.25, -0.2) is 9.97 Å². The highest BCUT2D eigenvalue weighted by molar-refractivity contribution is 7.16. The van der Waals surface area contributed by atoms with E-state index in [1.54, 1.807) is 18.4 Å². The Balaban J connectivity index is 1.52. The first kappa shape index (κ1) is 19.1. The van der Waals surface area contributed by atoms with E-state index >= 15 is 0 Å². The fourth-order valence-corrected chi connectivity index (χ4v) is 5.94. The van der Waals surface area contributed by atoms with Gasteiger partial charge in [0, 0.05) is 47.5 Å². The number of ether oxygens (including phenoxy) is 2. The molecule has 1 spiro atoms. The first-order valence-corrected chi connectivity index (χ1v) is 10.4. The average Bonchev–Trinajstić information content (AvgIpc) is 3.01. The molecule has 6 nitrogen and oxygen atoms in total. The lowest BCUT2D eigenvalue weighted by molar-refractivity contribution is -0.110. The first-order chi connectivity index (χ1) is 13.1. The van der Waals surface area contributed by atoms with E-state index in [1.807, 2.05) is 12.4 Å². The van der Waals surface area contributed by atoms with E-state index in [0.717, 1.165) is 43.5 Å². The maximum Gasteiger partial charge on any atom is 0.316 e. The highest BCUT2D eigenvalue weighted by atomic mass is 35.5. The number of hydrogen-bond donors (Lipinski definition) is 1. The van der Waals surface area contributed by atoms with Gasteiger partial charge >= 0.3 is 6.01 Å². The van der Waals surface area contributed by atoms with Crippen LogP contribution in [0.5, 0.6) is 6.01 Å². The molecule has 146 valence electrons. The van der Waals surface area contributed by atoms with Crippen LogP contribution in [0.3, 0.4) is 0 Å². The highest BCUT2D eigenvalue weighted by Gasteiger charge is 2.45. The third kappa shape index (κ3) is 3.47. The molecule has 2 atom stereocenters. The van der Waals surface area contributed by atoms with Crippen LogP contribution in [0.2, 0.25) is 4.34 Å². The molecule has 2 aromatic heterocycles. The molecule has 0 saturated carbocycles. The molecule has 8 heteroatoms. The van der Waals surface area contributed by atoms with Gasteiger partial charge in [0.05, 0.1) is 24.7 Å². The zero-order chi connectivity index (χ0) is 19.0. The topological polar surface area (TPSA) is 67.7 Å². The Labute approximate surface area is 168 Å². The predicted molar refractivity (Wildman–Crippen MR) is 104 cm³/mol. The molecule has 1 saturated heterocycles. The van der Waals surface area contributed by atoms with Crippen LogP contribution in [0.25, 0.3) is 0 Å². The maximum absolute atomic E-state index is 9.70. The van der Waals surface area contributed by atoms with Crippen molar-refractivity contribution in [2.45, 2.75) is 51.0 Å². The molecule has 0 aromatic carbocycles. The number of aliphatic hydroxyl groups excluding tert-OH is 1. The Morgan fingerprint density at radius 3 is 2.89 bits per heavy atom. The van der Waals surface area contributed by atoms with Crippen molar-refractivity contribution in [3.05, 3.63) is 38.3 Å². The SMILES string of the molecule is COc1ncc(CN2CC[C@]3(C[C@@H]2C)OCCc2c3sc(Cl)c2CO)cn1. The van der Waals surface area contributed by atoms with Crippen molar-refractivity contribution in [1.82, 2.24) is 14.9 Å². The minimum absolute atomic E-state index is 0.000104. The number of nitrogens with zero attached hydrogens (tertiary/aromatic N) is 3. The normalized spacial score (nSPS) is 25.6. The second-order valence-corrected chi connectivity index (χ2v) is 8.89. The van der Waals surface area contributed by atoms with Crippen LogP contribution >= 0.6 is 22.9 Å². The summed E-state index contributed by atoms with van der Waals surface area (Å²) in [4.78, 5) is 12.1. The van der Waals surface area contributed by atoms with Crippen LogP contribution in [0.15, 0.2) is 12.4 Å². The van der Waals surface area contributed by atoms with Gasteiger partial charge < -0.3 is 14.6 Å². The van der Waals surface area contributed by atoms with Crippen molar-refractivity contribution in [2.24, 2.45) is 0 Å². The smallest absolute Gasteiger partial charge is 0.316 e. The van der Waals surface area contributed by atoms with E-state index in [-0.39, 0.29) is 12.2 Å². The van der Waals surface area contributed by atoms with Gasteiger partial charge in [-0.3, -0.25) is 4.90 Å². The molecule has 1 fully saturated rings. The number of halogens is 1. The summed E-state index contributed by atoms with van der Waals surface area (Å²) in [6, 6.07) is 0.743. The molecule has 0 radical (unpaired) electrons. The summed E-state index contributed by atoms with van der Waals surface area (Å²) in [6.07, 6.45) is 6.31. The Kier molecular flexibility index (Phi) is 5.40. The maximum atomic E-state index is 9.70. The van der Waals surface area contributed by atoms with Crippen LogP contribution in [-0.4, -0.2) is 46.3 Å². The van der Waals surface area contributed by atoms with Crippen LogP contribution in [0.4, 0.5) is 0 Å². The lowest BCUT2D eigenvalue weighted by Gasteiger charge is -2.47. The van der Waals surface area contributed by atoms with Crippen molar-refractivity contribution < 1.29 is 14.6 Å². The molecule has 1 N–H and O–H groups in total. The van der Waals surface area contributed by atoms with Gasteiger partial charge in [0.15, 0.2) is 0 Å². The van der Waals surface area contributed by atoms with Crippen molar-refractivity contribution >= 4 is 22.9 Å². The number of likely N-dealkylation sites (tertiary alicyclic amines) is 1. The number of thiophene rings is 1. The minimum Gasteiger partial charge on any atom is -0.467 e. The van der Waals surface area contributed by atoms with Gasteiger partial charge in [-0.2, -0.15) is 0 Å². The fourth-order valence-electron chi connectivity index (χ4n) is 4.26. The molecule has 4 rings (SSSR count). The molecule has 27 heavy (non-hydrogen) atoms. The standard InChI is InChI=1S/C19H24ClN3O3S/c1-12-7-19(16-14(3-6-26-19)15(11-24)17(20)27-16)4-5-23(12)10-13-8-21-18(25-2)22-9-13/h8-9,12,24H,3-7,10-11H2,1-2H3/t12-,19+/m0/s1. The van der Waals surface area contributed by atoms with Crippen molar-refractivity contribution in [3.63, 3.8) is 0 Å². The Morgan fingerprint density at radius 2 is 2.22 bits per heavy atom. The zero-order valence-electron chi connectivity index (χ0n) is 15.6. The van der Waals surface area contributed by atoms with E-state index in [9.17, 15) is 5.11 Å². The number of hydrogen-bond acceptors (Lipinski definition) is 7. The summed E-state index contributed by atoms with van der Waals surface area (Å²) < 4.78 is 12.1. The lowest BCUT2D eigenvalue weighted by Crippen LogP contribution is -2.50. The third-order valence-corrected chi connectivity index (χ3v) is 7.38. The monoisotopic (exact) mass is 409 g/mol. The average molecular weight is 410 g/mol. The summed E-state index contributed by atoms with van der Waals surface area (Å²) in [5, 5.41) is 9.70. The third-order valence-electron chi connectivity index (χ3n) is 5.67. The Morgan fingerprint density at radius 1 is 1.44 bits per heavy atom. The summed E-state index contributed by atoms with van der Waals surface area (Å²) in [5.41, 5.74) is 2.90. The zero-order valence-corrected chi connectivity index (χ0v) is 17.1.